The third-order valence-electron chi connectivity index (χ3n) is 6.21. The van der Waals surface area contributed by atoms with Gasteiger partial charge in [0, 0.05) is 30.6 Å². The Labute approximate surface area is 180 Å². The van der Waals surface area contributed by atoms with Gasteiger partial charge in [-0.2, -0.15) is 0 Å². The lowest BCUT2D eigenvalue weighted by Crippen LogP contribution is -2.45. The lowest BCUT2D eigenvalue weighted by molar-refractivity contribution is 0.415. The largest absolute Gasteiger partial charge is 0.497 e. The van der Waals surface area contributed by atoms with Gasteiger partial charge < -0.3 is 14.0 Å². The minimum absolute atomic E-state index is 0.412. The summed E-state index contributed by atoms with van der Waals surface area (Å²) in [7, 11) is 1.71. The highest BCUT2D eigenvalue weighted by Gasteiger charge is 2.32. The minimum Gasteiger partial charge on any atom is -0.497 e. The Balaban J connectivity index is 1.37. The van der Waals surface area contributed by atoms with Crippen LogP contribution < -0.4 is 9.64 Å². The van der Waals surface area contributed by atoms with E-state index in [0.717, 1.165) is 35.7 Å². The van der Waals surface area contributed by atoms with Gasteiger partial charge in [0.15, 0.2) is 0 Å². The fraction of sp³-hybridized carbons (Fsp3) is 0.154. The smallest absolute Gasteiger partial charge is 0.129 e. The first kappa shape index (κ1) is 18.0. The second-order valence-corrected chi connectivity index (χ2v) is 8.03. The normalized spacial score (nSPS) is 14.2. The number of rotatable bonds is 4. The fourth-order valence-electron chi connectivity index (χ4n) is 4.57. The van der Waals surface area contributed by atoms with Gasteiger partial charge in [-0.15, -0.1) is 0 Å². The molecule has 2 aromatic carbocycles. The molecule has 4 heterocycles. The fourth-order valence-corrected chi connectivity index (χ4v) is 4.57. The van der Waals surface area contributed by atoms with E-state index in [0.29, 0.717) is 5.92 Å². The van der Waals surface area contributed by atoms with Gasteiger partial charge in [-0.25, -0.2) is 9.97 Å². The zero-order chi connectivity index (χ0) is 20.8. The Bertz CT molecular complexity index is 1400. The average molecular weight is 406 g/mol. The molecule has 0 amide bonds. The molecule has 3 aromatic heterocycles. The zero-order valence-corrected chi connectivity index (χ0v) is 17.3. The molecule has 152 valence electrons. The summed E-state index contributed by atoms with van der Waals surface area (Å²) in [6, 6.07) is 23.0. The summed E-state index contributed by atoms with van der Waals surface area (Å²) in [5.41, 5.74) is 5.95. The van der Waals surface area contributed by atoms with E-state index in [9.17, 15) is 0 Å². The molecule has 0 radical (unpaired) electrons. The number of para-hydroxylation sites is 1. The van der Waals surface area contributed by atoms with Crippen molar-refractivity contribution < 1.29 is 4.74 Å². The number of anilines is 1. The SMILES string of the molecule is COc1cccc(-c2ccn3cncc3c2C2CN(c3ccc4ccccc4n3)C2)c1. The van der Waals surface area contributed by atoms with Crippen molar-refractivity contribution in [2.45, 2.75) is 5.92 Å². The van der Waals surface area contributed by atoms with Crippen molar-refractivity contribution >= 4 is 22.2 Å². The third-order valence-corrected chi connectivity index (χ3v) is 6.21. The molecule has 5 nitrogen and oxygen atoms in total. The molecule has 0 aliphatic carbocycles. The van der Waals surface area contributed by atoms with Crippen LogP contribution in [0.3, 0.4) is 0 Å². The summed E-state index contributed by atoms with van der Waals surface area (Å²) in [4.78, 5) is 11.6. The van der Waals surface area contributed by atoms with Gasteiger partial charge >= 0.3 is 0 Å². The van der Waals surface area contributed by atoms with Crippen molar-refractivity contribution in [2.75, 3.05) is 25.1 Å². The third kappa shape index (κ3) is 3.01. The first-order chi connectivity index (χ1) is 15.3. The molecule has 1 aliphatic rings. The van der Waals surface area contributed by atoms with Crippen molar-refractivity contribution in [3.05, 3.63) is 91.0 Å². The minimum atomic E-state index is 0.412. The lowest BCUT2D eigenvalue weighted by Gasteiger charge is -2.41. The van der Waals surface area contributed by atoms with Crippen molar-refractivity contribution in [2.24, 2.45) is 0 Å². The van der Waals surface area contributed by atoms with Crippen LogP contribution in [-0.4, -0.2) is 34.6 Å². The van der Waals surface area contributed by atoms with Crippen LogP contribution in [0.1, 0.15) is 11.5 Å². The predicted molar refractivity (Wildman–Crippen MR) is 124 cm³/mol. The van der Waals surface area contributed by atoms with Crippen LogP contribution in [0.25, 0.3) is 27.5 Å². The Morgan fingerprint density at radius 3 is 2.77 bits per heavy atom. The van der Waals surface area contributed by atoms with E-state index in [1.54, 1.807) is 7.11 Å². The number of fused-ring (bicyclic) bond motifs is 2. The molecule has 0 bridgehead atoms. The second-order valence-electron chi connectivity index (χ2n) is 8.03. The molecule has 0 atom stereocenters. The molecule has 0 N–H and O–H groups in total. The molecule has 0 saturated carbocycles. The van der Waals surface area contributed by atoms with Gasteiger partial charge in [0.2, 0.25) is 0 Å². The van der Waals surface area contributed by atoms with E-state index >= 15 is 0 Å². The molecule has 1 saturated heterocycles. The van der Waals surface area contributed by atoms with E-state index in [2.05, 4.69) is 69.0 Å². The lowest BCUT2D eigenvalue weighted by atomic mass is 9.85. The van der Waals surface area contributed by atoms with Crippen LogP contribution in [0.2, 0.25) is 0 Å². The number of ether oxygens (including phenoxy) is 1. The number of methoxy groups -OCH3 is 1. The molecule has 0 unspecified atom stereocenters. The quantitative estimate of drug-likeness (QED) is 0.413. The maximum Gasteiger partial charge on any atom is 0.129 e. The Hall–Kier alpha value is -3.86. The molecule has 5 aromatic rings. The summed E-state index contributed by atoms with van der Waals surface area (Å²) in [6.07, 6.45) is 5.92. The Kier molecular flexibility index (Phi) is 4.13. The van der Waals surface area contributed by atoms with Crippen molar-refractivity contribution in [1.82, 2.24) is 14.4 Å². The van der Waals surface area contributed by atoms with E-state index < -0.39 is 0 Å². The van der Waals surface area contributed by atoms with Gasteiger partial charge in [0.25, 0.3) is 0 Å². The van der Waals surface area contributed by atoms with Crippen LogP contribution in [0, 0.1) is 0 Å². The zero-order valence-electron chi connectivity index (χ0n) is 17.3. The monoisotopic (exact) mass is 406 g/mol. The Morgan fingerprint density at radius 1 is 0.968 bits per heavy atom. The Morgan fingerprint density at radius 2 is 1.87 bits per heavy atom. The van der Waals surface area contributed by atoms with Crippen LogP contribution in [-0.2, 0) is 0 Å². The molecule has 31 heavy (non-hydrogen) atoms. The number of pyridine rings is 2. The number of benzene rings is 2. The van der Waals surface area contributed by atoms with Crippen molar-refractivity contribution in [3.8, 4) is 16.9 Å². The predicted octanol–water partition coefficient (Wildman–Crippen LogP) is 5.16. The second kappa shape index (κ2) is 7.13. The summed E-state index contributed by atoms with van der Waals surface area (Å²) >= 11 is 0. The highest BCUT2D eigenvalue weighted by atomic mass is 16.5. The van der Waals surface area contributed by atoms with Gasteiger partial charge in [-0.05, 0) is 53.1 Å². The highest BCUT2D eigenvalue weighted by molar-refractivity contribution is 5.81. The summed E-state index contributed by atoms with van der Waals surface area (Å²) in [5, 5.41) is 1.17. The molecule has 5 heteroatoms. The summed E-state index contributed by atoms with van der Waals surface area (Å²) in [6.45, 7) is 1.88. The molecular weight excluding hydrogens is 384 g/mol. The summed E-state index contributed by atoms with van der Waals surface area (Å²) < 4.78 is 7.57. The van der Waals surface area contributed by atoms with Crippen LogP contribution in [0.4, 0.5) is 5.82 Å². The van der Waals surface area contributed by atoms with Crippen LogP contribution >= 0.6 is 0 Å². The van der Waals surface area contributed by atoms with E-state index in [1.165, 1.54) is 22.1 Å². The number of hydrogen-bond donors (Lipinski definition) is 0. The molecule has 1 fully saturated rings. The van der Waals surface area contributed by atoms with E-state index in [-0.39, 0.29) is 0 Å². The molecule has 0 spiro atoms. The van der Waals surface area contributed by atoms with Gasteiger partial charge in [0.05, 0.1) is 30.7 Å². The number of hydrogen-bond acceptors (Lipinski definition) is 4. The van der Waals surface area contributed by atoms with Crippen LogP contribution in [0.5, 0.6) is 5.75 Å². The van der Waals surface area contributed by atoms with Crippen LogP contribution in [0.15, 0.2) is 85.5 Å². The van der Waals surface area contributed by atoms with E-state index in [1.807, 2.05) is 30.7 Å². The standard InChI is InChI=1S/C26H22N4O/c1-31-21-7-4-6-19(13-21)22-11-12-29-17-27-14-24(29)26(22)20-15-30(16-20)25-10-9-18-5-2-3-8-23(18)28-25/h2-14,17,20H,15-16H2,1H3. The van der Waals surface area contributed by atoms with Gasteiger partial charge in [-0.1, -0.05) is 30.3 Å². The highest BCUT2D eigenvalue weighted by Crippen LogP contribution is 2.39. The van der Waals surface area contributed by atoms with Gasteiger partial charge in [0.1, 0.15) is 11.6 Å². The van der Waals surface area contributed by atoms with Crippen molar-refractivity contribution in [3.63, 3.8) is 0 Å². The first-order valence-corrected chi connectivity index (χ1v) is 10.5. The van der Waals surface area contributed by atoms with Gasteiger partial charge in [-0.3, -0.25) is 0 Å². The molecular formula is C26H22N4O. The average Bonchev–Trinajstić information content (AvgIpc) is 3.27. The van der Waals surface area contributed by atoms with Crippen molar-refractivity contribution in [1.29, 1.82) is 0 Å². The molecule has 6 rings (SSSR count). The first-order valence-electron chi connectivity index (χ1n) is 10.5. The summed E-state index contributed by atoms with van der Waals surface area (Å²) in [5.74, 6) is 2.32. The molecule has 1 aliphatic heterocycles. The maximum absolute atomic E-state index is 5.47. The maximum atomic E-state index is 5.47. The number of imidazole rings is 1. The number of nitrogens with zero attached hydrogens (tertiary/aromatic N) is 4. The number of aromatic nitrogens is 3. The topological polar surface area (TPSA) is 42.7 Å². The van der Waals surface area contributed by atoms with E-state index in [4.69, 9.17) is 9.72 Å².